The van der Waals surface area contributed by atoms with E-state index in [1.807, 2.05) is 18.5 Å². The number of para-hydroxylation sites is 3. The van der Waals surface area contributed by atoms with Crippen LogP contribution in [0, 0.1) is 0 Å². The van der Waals surface area contributed by atoms with Gasteiger partial charge >= 0.3 is 0 Å². The number of aromatic nitrogens is 4. The molecule has 0 aliphatic heterocycles. The first-order chi connectivity index (χ1) is 27.3. The lowest BCUT2D eigenvalue weighted by atomic mass is 10.00. The Bertz CT molecular complexity index is 3170. The van der Waals surface area contributed by atoms with Crippen molar-refractivity contribution in [2.75, 3.05) is 0 Å². The molecule has 0 radical (unpaired) electrons. The monoisotopic (exact) mass is 702 g/mol. The van der Waals surface area contributed by atoms with E-state index >= 15 is 0 Å². The highest BCUT2D eigenvalue weighted by molar-refractivity contribution is 6.19. The standard InChI is InChI=1S/C51H34N4/c1-3-12-35(13-4-1)36-22-24-37(25-23-36)39-14-11-17-42(32-39)55-48-21-10-8-19-44(48)46-33-49-45(34-50(46)55)43-18-7-9-20-47(43)54(49)41-28-26-38(27-29-41)51-52-30-31-53(51)40-15-5-2-6-16-40/h1-34H. The van der Waals surface area contributed by atoms with E-state index in [0.717, 1.165) is 28.5 Å². The first kappa shape index (κ1) is 31.1. The molecule has 0 N–H and O–H groups in total. The highest BCUT2D eigenvalue weighted by Crippen LogP contribution is 2.40. The molecule has 258 valence electrons. The molecule has 4 nitrogen and oxygen atoms in total. The van der Waals surface area contributed by atoms with E-state index in [1.165, 1.54) is 65.9 Å². The summed E-state index contributed by atoms with van der Waals surface area (Å²) in [7, 11) is 0. The van der Waals surface area contributed by atoms with Crippen molar-refractivity contribution in [1.82, 2.24) is 18.7 Å². The molecule has 55 heavy (non-hydrogen) atoms. The maximum absolute atomic E-state index is 4.74. The van der Waals surface area contributed by atoms with Gasteiger partial charge in [-0.3, -0.25) is 4.57 Å². The summed E-state index contributed by atoms with van der Waals surface area (Å²) in [6.07, 6.45) is 3.89. The molecule has 0 saturated heterocycles. The van der Waals surface area contributed by atoms with Gasteiger partial charge in [0.05, 0.1) is 22.1 Å². The summed E-state index contributed by atoms with van der Waals surface area (Å²) in [5.41, 5.74) is 14.0. The molecule has 0 fully saturated rings. The number of hydrogen-bond acceptors (Lipinski definition) is 1. The first-order valence-electron chi connectivity index (χ1n) is 18.7. The SMILES string of the molecule is c1ccc(-c2ccc(-c3cccc(-n4c5ccccc5c5cc6c(cc54)c4ccccc4n6-c4ccc(-c5nccn5-c5ccccc5)cc4)c3)cc2)cc1. The van der Waals surface area contributed by atoms with E-state index in [-0.39, 0.29) is 0 Å². The van der Waals surface area contributed by atoms with Crippen molar-refractivity contribution in [2.45, 2.75) is 0 Å². The van der Waals surface area contributed by atoms with Crippen molar-refractivity contribution in [3.05, 3.63) is 207 Å². The van der Waals surface area contributed by atoms with Gasteiger partial charge in [0, 0.05) is 56.6 Å². The van der Waals surface area contributed by atoms with E-state index in [4.69, 9.17) is 4.98 Å². The molecule has 0 bridgehead atoms. The van der Waals surface area contributed by atoms with Gasteiger partial charge in [-0.25, -0.2) is 4.98 Å². The van der Waals surface area contributed by atoms with Crippen LogP contribution in [-0.4, -0.2) is 18.7 Å². The number of fused-ring (bicyclic) bond motifs is 6. The summed E-state index contributed by atoms with van der Waals surface area (Å²) in [5, 5.41) is 4.92. The quantitative estimate of drug-likeness (QED) is 0.169. The fourth-order valence-electron chi connectivity index (χ4n) is 8.37. The van der Waals surface area contributed by atoms with Crippen molar-refractivity contribution in [3.63, 3.8) is 0 Å². The summed E-state index contributed by atoms with van der Waals surface area (Å²) in [6, 6.07) is 69.9. The molecule has 3 heterocycles. The molecule has 11 aromatic rings. The van der Waals surface area contributed by atoms with Crippen molar-refractivity contribution < 1.29 is 0 Å². The van der Waals surface area contributed by atoms with Crippen molar-refractivity contribution in [2.24, 2.45) is 0 Å². The molecule has 3 aromatic heterocycles. The first-order valence-corrected chi connectivity index (χ1v) is 18.7. The molecule has 0 aliphatic carbocycles. The fraction of sp³-hybridized carbons (Fsp3) is 0. The third-order valence-corrected chi connectivity index (χ3v) is 11.0. The van der Waals surface area contributed by atoms with Crippen LogP contribution >= 0.6 is 0 Å². The van der Waals surface area contributed by atoms with Crippen LogP contribution in [0.15, 0.2) is 207 Å². The number of imidazole rings is 1. The zero-order chi connectivity index (χ0) is 36.3. The van der Waals surface area contributed by atoms with Gasteiger partial charge in [0.2, 0.25) is 0 Å². The molecular weight excluding hydrogens is 669 g/mol. The van der Waals surface area contributed by atoms with E-state index in [2.05, 4.69) is 202 Å². The Morgan fingerprint density at radius 1 is 0.309 bits per heavy atom. The molecule has 0 saturated carbocycles. The Morgan fingerprint density at radius 2 is 0.800 bits per heavy atom. The molecule has 8 aromatic carbocycles. The second-order valence-electron chi connectivity index (χ2n) is 14.1. The third-order valence-electron chi connectivity index (χ3n) is 11.0. The van der Waals surface area contributed by atoms with Gasteiger partial charge < -0.3 is 9.13 Å². The van der Waals surface area contributed by atoms with Crippen LogP contribution in [-0.2, 0) is 0 Å². The van der Waals surface area contributed by atoms with Crippen LogP contribution in [0.25, 0.3) is 94.3 Å². The molecule has 0 unspecified atom stereocenters. The van der Waals surface area contributed by atoms with Gasteiger partial charge in [0.25, 0.3) is 0 Å². The summed E-state index contributed by atoms with van der Waals surface area (Å²) in [6.45, 7) is 0. The smallest absolute Gasteiger partial charge is 0.144 e. The summed E-state index contributed by atoms with van der Waals surface area (Å²) >= 11 is 0. The minimum Gasteiger partial charge on any atom is -0.309 e. The molecule has 11 rings (SSSR count). The number of rotatable bonds is 6. The van der Waals surface area contributed by atoms with Gasteiger partial charge in [-0.05, 0) is 95.1 Å². The van der Waals surface area contributed by atoms with Crippen molar-refractivity contribution in [1.29, 1.82) is 0 Å². The third kappa shape index (κ3) is 5.11. The van der Waals surface area contributed by atoms with Gasteiger partial charge in [0.15, 0.2) is 0 Å². The van der Waals surface area contributed by atoms with Crippen molar-refractivity contribution in [3.8, 4) is 50.7 Å². The number of benzene rings is 8. The minimum atomic E-state index is 0.919. The van der Waals surface area contributed by atoms with Crippen LogP contribution in [0.3, 0.4) is 0 Å². The number of nitrogens with zero attached hydrogens (tertiary/aromatic N) is 4. The van der Waals surface area contributed by atoms with Crippen LogP contribution in [0.2, 0.25) is 0 Å². The lowest BCUT2D eigenvalue weighted by molar-refractivity contribution is 1.07. The summed E-state index contributed by atoms with van der Waals surface area (Å²) < 4.78 is 6.98. The Hall–Kier alpha value is -7.43. The Labute approximate surface area is 318 Å². The lowest BCUT2D eigenvalue weighted by Gasteiger charge is -2.12. The minimum absolute atomic E-state index is 0.919. The van der Waals surface area contributed by atoms with Crippen LogP contribution in [0.4, 0.5) is 0 Å². The topological polar surface area (TPSA) is 27.7 Å². The molecular formula is C51H34N4. The predicted octanol–water partition coefficient (Wildman–Crippen LogP) is 13.1. The van der Waals surface area contributed by atoms with Gasteiger partial charge in [0.1, 0.15) is 5.82 Å². The second-order valence-corrected chi connectivity index (χ2v) is 14.1. The highest BCUT2D eigenvalue weighted by Gasteiger charge is 2.19. The summed E-state index contributed by atoms with van der Waals surface area (Å²) in [4.78, 5) is 4.74. The molecule has 4 heteroatoms. The summed E-state index contributed by atoms with van der Waals surface area (Å²) in [5.74, 6) is 0.919. The average molecular weight is 703 g/mol. The Morgan fingerprint density at radius 3 is 1.45 bits per heavy atom. The van der Waals surface area contributed by atoms with E-state index in [9.17, 15) is 0 Å². The lowest BCUT2D eigenvalue weighted by Crippen LogP contribution is -1.97. The van der Waals surface area contributed by atoms with Gasteiger partial charge in [-0.2, -0.15) is 0 Å². The number of hydrogen-bond donors (Lipinski definition) is 0. The van der Waals surface area contributed by atoms with E-state index in [1.54, 1.807) is 0 Å². The van der Waals surface area contributed by atoms with Crippen molar-refractivity contribution >= 4 is 43.6 Å². The average Bonchev–Trinajstić information content (AvgIpc) is 3.97. The maximum atomic E-state index is 4.74. The molecule has 0 atom stereocenters. The maximum Gasteiger partial charge on any atom is 0.144 e. The highest BCUT2D eigenvalue weighted by atomic mass is 15.1. The zero-order valence-corrected chi connectivity index (χ0v) is 29.9. The Kier molecular flexibility index (Phi) is 7.14. The van der Waals surface area contributed by atoms with Crippen LogP contribution in [0.1, 0.15) is 0 Å². The molecule has 0 amide bonds. The zero-order valence-electron chi connectivity index (χ0n) is 29.9. The fourth-order valence-corrected chi connectivity index (χ4v) is 8.37. The van der Waals surface area contributed by atoms with Crippen LogP contribution in [0.5, 0.6) is 0 Å². The van der Waals surface area contributed by atoms with E-state index < -0.39 is 0 Å². The molecule has 0 aliphatic rings. The Balaban J connectivity index is 1.05. The molecule has 0 spiro atoms. The van der Waals surface area contributed by atoms with E-state index in [0.29, 0.717) is 0 Å². The normalized spacial score (nSPS) is 11.6. The van der Waals surface area contributed by atoms with Crippen LogP contribution < -0.4 is 0 Å². The largest absolute Gasteiger partial charge is 0.309 e. The second kappa shape index (κ2) is 12.6. The van der Waals surface area contributed by atoms with Gasteiger partial charge in [-0.15, -0.1) is 0 Å². The predicted molar refractivity (Wildman–Crippen MR) is 229 cm³/mol. The van der Waals surface area contributed by atoms with Gasteiger partial charge in [-0.1, -0.05) is 121 Å².